The van der Waals surface area contributed by atoms with E-state index in [1.54, 1.807) is 48.5 Å². The first-order chi connectivity index (χ1) is 14.0. The number of hydrogen-bond donors (Lipinski definition) is 1. The van der Waals surface area contributed by atoms with Crippen LogP contribution in [0.5, 0.6) is 0 Å². The number of esters is 1. The molecule has 0 atom stereocenters. The summed E-state index contributed by atoms with van der Waals surface area (Å²) in [6, 6.07) is 16.4. The number of hydrogen-bond acceptors (Lipinski definition) is 3. The zero-order valence-corrected chi connectivity index (χ0v) is 15.3. The molecule has 0 radical (unpaired) electrons. The number of ether oxygens (including phenoxy) is 1. The van der Waals surface area contributed by atoms with E-state index in [-0.39, 0.29) is 0 Å². The number of amides is 1. The second-order valence-electron chi connectivity index (χ2n) is 5.95. The maximum atomic E-state index is 13.8. The predicted molar refractivity (Wildman–Crippen MR) is 105 cm³/mol. The Hall–Kier alpha value is -3.98. The van der Waals surface area contributed by atoms with E-state index in [4.69, 9.17) is 0 Å². The van der Waals surface area contributed by atoms with E-state index in [9.17, 15) is 18.4 Å². The van der Waals surface area contributed by atoms with Gasteiger partial charge in [-0.3, -0.25) is 4.79 Å². The molecule has 144 valence electrons. The molecular formula is C23H15F2NO3. The van der Waals surface area contributed by atoms with Crippen molar-refractivity contribution in [2.24, 2.45) is 0 Å². The van der Waals surface area contributed by atoms with Crippen LogP contribution in [0.3, 0.4) is 0 Å². The lowest BCUT2D eigenvalue weighted by atomic mass is 10.1. The third-order valence-electron chi connectivity index (χ3n) is 3.95. The number of nitrogens with one attached hydrogen (secondary N) is 1. The molecule has 3 rings (SSSR count). The minimum atomic E-state index is -0.941. The van der Waals surface area contributed by atoms with Gasteiger partial charge in [-0.05, 0) is 48.5 Å². The zero-order chi connectivity index (χ0) is 20.8. The smallest absolute Gasteiger partial charge is 0.337 e. The highest BCUT2D eigenvalue weighted by molar-refractivity contribution is 6.04. The van der Waals surface area contributed by atoms with Gasteiger partial charge in [-0.25, -0.2) is 13.6 Å². The number of carbonyl (C=O) groups excluding carboxylic acids is 2. The van der Waals surface area contributed by atoms with E-state index in [0.29, 0.717) is 22.4 Å². The molecule has 1 amide bonds. The van der Waals surface area contributed by atoms with Crippen LogP contribution in [0, 0.1) is 23.5 Å². The summed E-state index contributed by atoms with van der Waals surface area (Å²) >= 11 is 0. The molecule has 0 aliphatic heterocycles. The van der Waals surface area contributed by atoms with Crippen LogP contribution in [0.1, 0.15) is 31.8 Å². The van der Waals surface area contributed by atoms with Crippen LogP contribution in [0.25, 0.3) is 0 Å². The quantitative estimate of drug-likeness (QED) is 0.532. The van der Waals surface area contributed by atoms with Gasteiger partial charge in [0.15, 0.2) is 0 Å². The maximum Gasteiger partial charge on any atom is 0.337 e. The van der Waals surface area contributed by atoms with Gasteiger partial charge in [0, 0.05) is 16.8 Å². The molecule has 3 aromatic carbocycles. The molecule has 0 aromatic heterocycles. The lowest BCUT2D eigenvalue weighted by Crippen LogP contribution is -2.15. The molecular weight excluding hydrogens is 376 g/mol. The molecule has 0 fully saturated rings. The summed E-state index contributed by atoms with van der Waals surface area (Å²) in [6.45, 7) is 0. The molecule has 0 unspecified atom stereocenters. The van der Waals surface area contributed by atoms with Crippen LogP contribution in [0.4, 0.5) is 14.5 Å². The van der Waals surface area contributed by atoms with E-state index < -0.39 is 29.1 Å². The lowest BCUT2D eigenvalue weighted by Gasteiger charge is -2.07. The number of anilines is 1. The third-order valence-corrected chi connectivity index (χ3v) is 3.95. The summed E-state index contributed by atoms with van der Waals surface area (Å²) in [5, 5.41) is 2.46. The van der Waals surface area contributed by atoms with Gasteiger partial charge in [0.25, 0.3) is 5.91 Å². The molecule has 4 nitrogen and oxygen atoms in total. The fourth-order valence-electron chi connectivity index (χ4n) is 2.57. The first-order valence-electron chi connectivity index (χ1n) is 8.54. The average molecular weight is 391 g/mol. The summed E-state index contributed by atoms with van der Waals surface area (Å²) in [5.74, 6) is 2.61. The van der Waals surface area contributed by atoms with Gasteiger partial charge >= 0.3 is 5.97 Å². The van der Waals surface area contributed by atoms with E-state index >= 15 is 0 Å². The largest absolute Gasteiger partial charge is 0.465 e. The van der Waals surface area contributed by atoms with Gasteiger partial charge in [-0.1, -0.05) is 30.0 Å². The highest BCUT2D eigenvalue weighted by Gasteiger charge is 2.17. The molecule has 0 aliphatic rings. The predicted octanol–water partition coefficient (Wildman–Crippen LogP) is 4.40. The standard InChI is InChI=1S/C23H15F2NO3/c1-29-23(28)17-7-2-5-15(13-17)11-12-16-6-3-8-18(14-16)26-22(27)21-19(24)9-4-10-20(21)25/h2-10,13-14H,1H3,(H,26,27). The van der Waals surface area contributed by atoms with Gasteiger partial charge in [0.1, 0.15) is 17.2 Å². The van der Waals surface area contributed by atoms with Gasteiger partial charge in [0.2, 0.25) is 0 Å². The van der Waals surface area contributed by atoms with Crippen molar-refractivity contribution in [3.05, 3.63) is 101 Å². The van der Waals surface area contributed by atoms with Gasteiger partial charge in [-0.15, -0.1) is 0 Å². The fraction of sp³-hybridized carbons (Fsp3) is 0.0435. The number of methoxy groups -OCH3 is 1. The van der Waals surface area contributed by atoms with Crippen molar-refractivity contribution >= 4 is 17.6 Å². The van der Waals surface area contributed by atoms with Crippen LogP contribution in [0.15, 0.2) is 66.7 Å². The Bertz CT molecular complexity index is 1130. The monoisotopic (exact) mass is 391 g/mol. The van der Waals surface area contributed by atoms with E-state index in [0.717, 1.165) is 12.1 Å². The molecule has 6 heteroatoms. The van der Waals surface area contributed by atoms with Crippen LogP contribution in [-0.4, -0.2) is 19.0 Å². The van der Waals surface area contributed by atoms with Crippen LogP contribution < -0.4 is 5.32 Å². The summed E-state index contributed by atoms with van der Waals surface area (Å²) in [4.78, 5) is 23.8. The Morgan fingerprint density at radius 2 is 1.45 bits per heavy atom. The molecule has 0 spiro atoms. The van der Waals surface area contributed by atoms with Crippen molar-refractivity contribution in [2.45, 2.75) is 0 Å². The summed E-state index contributed by atoms with van der Waals surface area (Å²) < 4.78 is 32.2. The fourth-order valence-corrected chi connectivity index (χ4v) is 2.57. The van der Waals surface area contributed by atoms with Crippen molar-refractivity contribution in [3.8, 4) is 11.8 Å². The van der Waals surface area contributed by atoms with Crippen molar-refractivity contribution in [1.82, 2.24) is 0 Å². The Morgan fingerprint density at radius 3 is 2.10 bits per heavy atom. The van der Waals surface area contributed by atoms with E-state index in [2.05, 4.69) is 21.9 Å². The van der Waals surface area contributed by atoms with Gasteiger partial charge < -0.3 is 10.1 Å². The number of benzene rings is 3. The van der Waals surface area contributed by atoms with Crippen molar-refractivity contribution in [1.29, 1.82) is 0 Å². The zero-order valence-electron chi connectivity index (χ0n) is 15.3. The van der Waals surface area contributed by atoms with E-state index in [1.807, 2.05) is 0 Å². The third kappa shape index (κ3) is 4.85. The molecule has 0 aliphatic carbocycles. The van der Waals surface area contributed by atoms with E-state index in [1.165, 1.54) is 13.2 Å². The highest BCUT2D eigenvalue weighted by Crippen LogP contribution is 2.16. The topological polar surface area (TPSA) is 55.4 Å². The Kier molecular flexibility index (Phi) is 6.00. The normalized spacial score (nSPS) is 9.90. The first kappa shape index (κ1) is 19.8. The van der Waals surface area contributed by atoms with Crippen LogP contribution in [0.2, 0.25) is 0 Å². The first-order valence-corrected chi connectivity index (χ1v) is 8.54. The van der Waals surface area contributed by atoms with Gasteiger partial charge in [0.05, 0.1) is 12.7 Å². The second kappa shape index (κ2) is 8.81. The molecule has 3 aromatic rings. The average Bonchev–Trinajstić information content (AvgIpc) is 2.72. The molecule has 0 saturated heterocycles. The maximum absolute atomic E-state index is 13.8. The van der Waals surface area contributed by atoms with Crippen molar-refractivity contribution in [3.63, 3.8) is 0 Å². The Morgan fingerprint density at radius 1 is 0.862 bits per heavy atom. The summed E-state index contributed by atoms with van der Waals surface area (Å²) in [6.07, 6.45) is 0. The second-order valence-corrected chi connectivity index (χ2v) is 5.95. The molecule has 1 N–H and O–H groups in total. The minimum Gasteiger partial charge on any atom is -0.465 e. The number of halogens is 2. The Labute approximate surface area is 166 Å². The molecule has 0 bridgehead atoms. The number of carbonyl (C=O) groups is 2. The SMILES string of the molecule is COC(=O)c1cccc(C#Cc2cccc(NC(=O)c3c(F)cccc3F)c2)c1. The number of rotatable bonds is 3. The summed E-state index contributed by atoms with van der Waals surface area (Å²) in [5.41, 5.74) is 1.25. The highest BCUT2D eigenvalue weighted by atomic mass is 19.1. The van der Waals surface area contributed by atoms with Crippen LogP contribution >= 0.6 is 0 Å². The minimum absolute atomic E-state index is 0.341. The molecule has 29 heavy (non-hydrogen) atoms. The van der Waals surface area contributed by atoms with Crippen molar-refractivity contribution < 1.29 is 23.1 Å². The van der Waals surface area contributed by atoms with Gasteiger partial charge in [-0.2, -0.15) is 0 Å². The molecule has 0 heterocycles. The Balaban J connectivity index is 1.80. The summed E-state index contributed by atoms with van der Waals surface area (Å²) in [7, 11) is 1.30. The van der Waals surface area contributed by atoms with Crippen molar-refractivity contribution in [2.75, 3.05) is 12.4 Å². The molecule has 0 saturated carbocycles. The van der Waals surface area contributed by atoms with Crippen LogP contribution in [-0.2, 0) is 4.74 Å². The lowest BCUT2D eigenvalue weighted by molar-refractivity contribution is 0.0600.